The molecule has 4 N–H and O–H groups in total. The largest absolute Gasteiger partial charge is 0.392 e. The van der Waals surface area contributed by atoms with Crippen LogP contribution in [0.4, 0.5) is 0 Å². The SMILES string of the molecule is CC(C)N(CC(N)=O)S(=O)(=O)CC(N)=S. The molecule has 0 aromatic rings. The summed E-state index contributed by atoms with van der Waals surface area (Å²) in [5, 5.41) is 0. The van der Waals surface area contributed by atoms with Crippen molar-refractivity contribution in [2.45, 2.75) is 19.9 Å². The average Bonchev–Trinajstić information content (AvgIpc) is 1.96. The molecule has 0 radical (unpaired) electrons. The lowest BCUT2D eigenvalue weighted by molar-refractivity contribution is -0.118. The summed E-state index contributed by atoms with van der Waals surface area (Å²) in [6, 6.07) is -0.364. The van der Waals surface area contributed by atoms with Crippen molar-refractivity contribution < 1.29 is 13.2 Å². The molecule has 0 atom stereocenters. The van der Waals surface area contributed by atoms with E-state index in [4.69, 9.17) is 11.5 Å². The number of hydrogen-bond donors (Lipinski definition) is 2. The number of carbonyl (C=O) groups excluding carboxylic acids is 1. The third kappa shape index (κ3) is 5.05. The van der Waals surface area contributed by atoms with Gasteiger partial charge in [0.1, 0.15) is 5.75 Å². The maximum atomic E-state index is 11.7. The minimum atomic E-state index is -3.65. The molecule has 0 rings (SSSR count). The topological polar surface area (TPSA) is 106 Å². The predicted octanol–water partition coefficient (Wildman–Crippen LogP) is -1.20. The number of sulfonamides is 1. The van der Waals surface area contributed by atoms with Crippen LogP contribution in [0.2, 0.25) is 0 Å². The second-order valence-corrected chi connectivity index (χ2v) is 5.77. The van der Waals surface area contributed by atoms with E-state index in [1.54, 1.807) is 13.8 Å². The van der Waals surface area contributed by atoms with E-state index in [9.17, 15) is 13.2 Å². The minimum Gasteiger partial charge on any atom is -0.392 e. The van der Waals surface area contributed by atoms with Crippen LogP contribution in [0.3, 0.4) is 0 Å². The van der Waals surface area contributed by atoms with Crippen molar-refractivity contribution in [3.05, 3.63) is 0 Å². The molecule has 0 saturated heterocycles. The number of rotatable bonds is 6. The maximum Gasteiger partial charge on any atom is 0.232 e. The summed E-state index contributed by atoms with van der Waals surface area (Å²) in [7, 11) is -3.65. The molecule has 0 spiro atoms. The molecule has 8 heteroatoms. The predicted molar refractivity (Wildman–Crippen MR) is 61.6 cm³/mol. The van der Waals surface area contributed by atoms with Gasteiger partial charge in [0.25, 0.3) is 0 Å². The summed E-state index contributed by atoms with van der Waals surface area (Å²) in [6.45, 7) is 2.92. The van der Waals surface area contributed by atoms with Crippen LogP contribution in [0.15, 0.2) is 0 Å². The van der Waals surface area contributed by atoms with Crippen LogP contribution in [0.1, 0.15) is 13.8 Å². The monoisotopic (exact) mass is 253 g/mol. The van der Waals surface area contributed by atoms with E-state index in [2.05, 4.69) is 12.2 Å². The van der Waals surface area contributed by atoms with Gasteiger partial charge in [-0.3, -0.25) is 4.79 Å². The van der Waals surface area contributed by atoms with Gasteiger partial charge in [0, 0.05) is 6.04 Å². The van der Waals surface area contributed by atoms with Crippen molar-refractivity contribution in [2.24, 2.45) is 11.5 Å². The zero-order valence-electron chi connectivity index (χ0n) is 8.63. The first-order valence-corrected chi connectivity index (χ1v) is 6.24. The molecule has 0 saturated carbocycles. The lowest BCUT2D eigenvalue weighted by Gasteiger charge is -2.24. The van der Waals surface area contributed by atoms with Gasteiger partial charge in [-0.15, -0.1) is 0 Å². The number of primary amides is 1. The highest BCUT2D eigenvalue weighted by atomic mass is 32.2. The van der Waals surface area contributed by atoms with Crippen LogP contribution in [0, 0.1) is 0 Å². The fourth-order valence-electron chi connectivity index (χ4n) is 1.02. The van der Waals surface area contributed by atoms with Crippen LogP contribution in [0.5, 0.6) is 0 Å². The van der Waals surface area contributed by atoms with Gasteiger partial charge in [-0.25, -0.2) is 8.42 Å². The number of hydrogen-bond acceptors (Lipinski definition) is 4. The van der Waals surface area contributed by atoms with Crippen molar-refractivity contribution in [3.8, 4) is 0 Å². The van der Waals surface area contributed by atoms with Crippen molar-refractivity contribution in [1.82, 2.24) is 4.31 Å². The number of nitrogens with zero attached hydrogens (tertiary/aromatic N) is 1. The van der Waals surface area contributed by atoms with Gasteiger partial charge in [0.2, 0.25) is 15.9 Å². The van der Waals surface area contributed by atoms with Gasteiger partial charge in [0.15, 0.2) is 0 Å². The standard InChI is InChI=1S/C7H15N3O3S2/c1-5(2)10(3-6(8)11)15(12,13)4-7(9)14/h5H,3-4H2,1-2H3,(H2,8,11)(H2,9,14). The number of nitrogens with two attached hydrogens (primary N) is 2. The zero-order chi connectivity index (χ0) is 12.2. The Morgan fingerprint density at radius 2 is 1.87 bits per heavy atom. The molecule has 0 aromatic heterocycles. The minimum absolute atomic E-state index is 0.134. The molecule has 0 aliphatic heterocycles. The molecule has 6 nitrogen and oxygen atoms in total. The molecule has 88 valence electrons. The van der Waals surface area contributed by atoms with Gasteiger partial charge in [-0.1, -0.05) is 12.2 Å². The molecule has 15 heavy (non-hydrogen) atoms. The summed E-state index contributed by atoms with van der Waals surface area (Å²) in [5.41, 5.74) is 10.1. The third-order valence-corrected chi connectivity index (χ3v) is 3.84. The molecule has 0 fully saturated rings. The highest BCUT2D eigenvalue weighted by Crippen LogP contribution is 2.06. The molecule has 0 aliphatic carbocycles. The Bertz CT molecular complexity index is 350. The Hall–Kier alpha value is -0.730. The van der Waals surface area contributed by atoms with Crippen LogP contribution >= 0.6 is 12.2 Å². The second kappa shape index (κ2) is 5.38. The Labute approximate surface area is 94.6 Å². The number of thiocarbonyl (C=S) groups is 1. The van der Waals surface area contributed by atoms with Crippen LogP contribution in [-0.4, -0.2) is 42.0 Å². The Kier molecular flexibility index (Phi) is 5.12. The number of amides is 1. The molecule has 0 aromatic carbocycles. The van der Waals surface area contributed by atoms with E-state index in [0.29, 0.717) is 0 Å². The Morgan fingerprint density at radius 1 is 1.40 bits per heavy atom. The molecule has 0 aliphatic rings. The first kappa shape index (κ1) is 14.3. The van der Waals surface area contributed by atoms with E-state index in [1.165, 1.54) is 0 Å². The highest BCUT2D eigenvalue weighted by Gasteiger charge is 2.26. The quantitative estimate of drug-likeness (QED) is 0.578. The van der Waals surface area contributed by atoms with Gasteiger partial charge < -0.3 is 11.5 Å². The van der Waals surface area contributed by atoms with E-state index in [1.807, 2.05) is 0 Å². The second-order valence-electron chi connectivity index (χ2n) is 3.33. The zero-order valence-corrected chi connectivity index (χ0v) is 10.3. The van der Waals surface area contributed by atoms with Gasteiger partial charge >= 0.3 is 0 Å². The molecule has 0 bridgehead atoms. The molecule has 1 amide bonds. The van der Waals surface area contributed by atoms with Gasteiger partial charge in [-0.2, -0.15) is 4.31 Å². The van der Waals surface area contributed by atoms with E-state index in [0.717, 1.165) is 4.31 Å². The molecular formula is C7H15N3O3S2. The van der Waals surface area contributed by atoms with Crippen LogP contribution in [-0.2, 0) is 14.8 Å². The first-order chi connectivity index (χ1) is 6.66. The Balaban J connectivity index is 4.91. The smallest absolute Gasteiger partial charge is 0.232 e. The summed E-state index contributed by atoms with van der Waals surface area (Å²) in [4.78, 5) is 10.6. The van der Waals surface area contributed by atoms with Crippen molar-refractivity contribution >= 4 is 33.1 Å². The molecular weight excluding hydrogens is 238 g/mol. The van der Waals surface area contributed by atoms with Crippen LogP contribution < -0.4 is 11.5 Å². The van der Waals surface area contributed by atoms with E-state index < -0.39 is 21.7 Å². The fraction of sp³-hybridized carbons (Fsp3) is 0.714. The summed E-state index contributed by atoms with van der Waals surface area (Å²) in [5.74, 6) is -1.16. The van der Waals surface area contributed by atoms with Crippen molar-refractivity contribution in [1.29, 1.82) is 0 Å². The van der Waals surface area contributed by atoms with E-state index in [-0.39, 0.29) is 17.6 Å². The lowest BCUT2D eigenvalue weighted by atomic mass is 10.4. The van der Waals surface area contributed by atoms with Crippen LogP contribution in [0.25, 0.3) is 0 Å². The molecule has 0 heterocycles. The van der Waals surface area contributed by atoms with E-state index >= 15 is 0 Å². The lowest BCUT2D eigenvalue weighted by Crippen LogP contribution is -2.45. The summed E-state index contributed by atoms with van der Waals surface area (Å²) >= 11 is 4.52. The van der Waals surface area contributed by atoms with Gasteiger partial charge in [-0.05, 0) is 13.8 Å². The fourth-order valence-corrected chi connectivity index (χ4v) is 2.96. The Morgan fingerprint density at radius 3 is 2.13 bits per heavy atom. The molecule has 0 unspecified atom stereocenters. The normalized spacial score (nSPS) is 12.0. The van der Waals surface area contributed by atoms with Crippen molar-refractivity contribution in [2.75, 3.05) is 12.3 Å². The first-order valence-electron chi connectivity index (χ1n) is 4.23. The maximum absolute atomic E-state index is 11.7. The third-order valence-electron chi connectivity index (χ3n) is 1.57. The average molecular weight is 253 g/mol. The van der Waals surface area contributed by atoms with Gasteiger partial charge in [0.05, 0.1) is 11.5 Å². The summed E-state index contributed by atoms with van der Waals surface area (Å²) < 4.78 is 24.3. The summed E-state index contributed by atoms with van der Waals surface area (Å²) in [6.07, 6.45) is 0. The highest BCUT2D eigenvalue weighted by molar-refractivity contribution is 7.92. The van der Waals surface area contributed by atoms with Crippen molar-refractivity contribution in [3.63, 3.8) is 0 Å². The number of carbonyl (C=O) groups is 1.